The fourth-order valence-corrected chi connectivity index (χ4v) is 2.89. The largest absolute Gasteiger partial charge is 0.507 e. The lowest BCUT2D eigenvalue weighted by Gasteiger charge is -2.22. The maximum atomic E-state index is 10.4. The molecule has 3 rings (SSSR count). The highest BCUT2D eigenvalue weighted by Crippen LogP contribution is 2.24. The molecule has 0 saturated heterocycles. The number of para-hydroxylation sites is 1. The summed E-state index contributed by atoms with van der Waals surface area (Å²) in [6.45, 7) is 5.96. The van der Waals surface area contributed by atoms with Crippen molar-refractivity contribution in [3.63, 3.8) is 0 Å². The number of nitrogens with zero attached hydrogens (tertiary/aromatic N) is 3. The van der Waals surface area contributed by atoms with Gasteiger partial charge in [-0.05, 0) is 43.7 Å². The number of aryl methyl sites for hydroxylation is 2. The first-order valence-electron chi connectivity index (χ1n) is 8.44. The molecular weight excluding hydrogens is 310 g/mol. The lowest BCUT2D eigenvalue weighted by atomic mass is 10.1. The molecule has 0 atom stereocenters. The number of phenolic OH excluding ortho intramolecular Hbond substituents is 1. The summed E-state index contributed by atoms with van der Waals surface area (Å²) >= 11 is 0. The number of hydrogen-bond donors (Lipinski definition) is 1. The average Bonchev–Trinajstić information content (AvgIpc) is 2.60. The number of benzene rings is 1. The van der Waals surface area contributed by atoms with Crippen molar-refractivity contribution >= 4 is 0 Å². The zero-order chi connectivity index (χ0) is 17.6. The minimum Gasteiger partial charge on any atom is -0.507 e. The molecule has 0 aliphatic rings. The minimum atomic E-state index is 0.366. The van der Waals surface area contributed by atoms with Gasteiger partial charge in [-0.3, -0.25) is 14.9 Å². The van der Waals surface area contributed by atoms with Gasteiger partial charge in [0.2, 0.25) is 0 Å². The Hall–Kier alpha value is -2.72. The average molecular weight is 333 g/mol. The maximum Gasteiger partial charge on any atom is 0.122 e. The van der Waals surface area contributed by atoms with Gasteiger partial charge in [-0.1, -0.05) is 30.3 Å². The van der Waals surface area contributed by atoms with Gasteiger partial charge in [0.25, 0.3) is 0 Å². The highest BCUT2D eigenvalue weighted by molar-refractivity contribution is 5.39. The van der Waals surface area contributed by atoms with Crippen molar-refractivity contribution < 1.29 is 5.11 Å². The van der Waals surface area contributed by atoms with Crippen LogP contribution in [0.15, 0.2) is 60.8 Å². The Morgan fingerprint density at radius 1 is 0.840 bits per heavy atom. The van der Waals surface area contributed by atoms with Crippen LogP contribution in [0.3, 0.4) is 0 Å². The molecule has 4 heteroatoms. The molecular formula is C21H23N3O. The standard InChI is InChI=1S/C21H23N3O/c1-16-7-5-9-18(21(16)25)13-24(14-19-10-3-4-12-22-19)15-20-11-6-8-17(2)23-20/h3-12,25H,13-15H2,1-2H3. The molecule has 0 aliphatic carbocycles. The van der Waals surface area contributed by atoms with Crippen LogP contribution >= 0.6 is 0 Å². The van der Waals surface area contributed by atoms with Crippen molar-refractivity contribution in [1.29, 1.82) is 0 Å². The van der Waals surface area contributed by atoms with E-state index < -0.39 is 0 Å². The maximum absolute atomic E-state index is 10.4. The summed E-state index contributed by atoms with van der Waals surface area (Å²) in [5, 5.41) is 10.4. The number of aromatic nitrogens is 2. The number of rotatable bonds is 6. The summed E-state index contributed by atoms with van der Waals surface area (Å²) in [6, 6.07) is 17.9. The van der Waals surface area contributed by atoms with E-state index in [1.807, 2.05) is 74.6 Å². The molecule has 25 heavy (non-hydrogen) atoms. The lowest BCUT2D eigenvalue weighted by Crippen LogP contribution is -2.23. The Labute approximate surface area is 148 Å². The Morgan fingerprint density at radius 3 is 2.36 bits per heavy atom. The summed E-state index contributed by atoms with van der Waals surface area (Å²) in [7, 11) is 0. The second-order valence-corrected chi connectivity index (χ2v) is 6.32. The van der Waals surface area contributed by atoms with E-state index in [9.17, 15) is 5.11 Å². The van der Waals surface area contributed by atoms with Crippen LogP contribution in [0.4, 0.5) is 0 Å². The van der Waals surface area contributed by atoms with Crippen molar-refractivity contribution in [3.8, 4) is 5.75 Å². The van der Waals surface area contributed by atoms with Gasteiger partial charge >= 0.3 is 0 Å². The van der Waals surface area contributed by atoms with Crippen molar-refractivity contribution in [2.24, 2.45) is 0 Å². The molecule has 0 amide bonds. The molecule has 2 heterocycles. The first-order valence-corrected chi connectivity index (χ1v) is 8.44. The first-order chi connectivity index (χ1) is 12.1. The van der Waals surface area contributed by atoms with E-state index in [1.165, 1.54) is 0 Å². The minimum absolute atomic E-state index is 0.366. The van der Waals surface area contributed by atoms with Crippen molar-refractivity contribution in [2.75, 3.05) is 0 Å². The second kappa shape index (κ2) is 7.90. The predicted octanol–water partition coefficient (Wildman–Crippen LogP) is 4.00. The zero-order valence-corrected chi connectivity index (χ0v) is 14.7. The van der Waals surface area contributed by atoms with E-state index in [-0.39, 0.29) is 0 Å². The van der Waals surface area contributed by atoms with E-state index >= 15 is 0 Å². The van der Waals surface area contributed by atoms with E-state index in [1.54, 1.807) is 0 Å². The summed E-state index contributed by atoms with van der Waals surface area (Å²) in [4.78, 5) is 11.3. The first kappa shape index (κ1) is 17.1. The van der Waals surface area contributed by atoms with Crippen LogP contribution < -0.4 is 0 Å². The SMILES string of the molecule is Cc1cccc(CN(Cc2ccccn2)Cc2cccc(C)c2O)n1. The third-order valence-corrected chi connectivity index (χ3v) is 4.16. The molecule has 0 radical (unpaired) electrons. The lowest BCUT2D eigenvalue weighted by molar-refractivity contribution is 0.238. The van der Waals surface area contributed by atoms with Crippen LogP contribution in [-0.2, 0) is 19.6 Å². The van der Waals surface area contributed by atoms with Crippen LogP contribution in [0.25, 0.3) is 0 Å². The van der Waals surface area contributed by atoms with Gasteiger partial charge in [0.15, 0.2) is 0 Å². The second-order valence-electron chi connectivity index (χ2n) is 6.32. The van der Waals surface area contributed by atoms with Crippen LogP contribution in [-0.4, -0.2) is 20.0 Å². The van der Waals surface area contributed by atoms with Gasteiger partial charge in [0.1, 0.15) is 5.75 Å². The van der Waals surface area contributed by atoms with Crippen LogP contribution in [0.1, 0.15) is 28.2 Å². The van der Waals surface area contributed by atoms with Gasteiger partial charge in [0, 0.05) is 37.1 Å². The van der Waals surface area contributed by atoms with E-state index in [4.69, 9.17) is 0 Å². The summed E-state index contributed by atoms with van der Waals surface area (Å²) in [6.07, 6.45) is 1.81. The Balaban J connectivity index is 1.84. The van der Waals surface area contributed by atoms with Gasteiger partial charge in [-0.25, -0.2) is 0 Å². The summed E-state index contributed by atoms with van der Waals surface area (Å²) in [5.74, 6) is 0.366. The molecule has 0 bridgehead atoms. The number of hydrogen-bond acceptors (Lipinski definition) is 4. The molecule has 4 nitrogen and oxygen atoms in total. The van der Waals surface area contributed by atoms with Crippen LogP contribution in [0, 0.1) is 13.8 Å². The molecule has 128 valence electrons. The highest BCUT2D eigenvalue weighted by atomic mass is 16.3. The fourth-order valence-electron chi connectivity index (χ4n) is 2.89. The Kier molecular flexibility index (Phi) is 5.41. The van der Waals surface area contributed by atoms with E-state index in [2.05, 4.69) is 14.9 Å². The fraction of sp³-hybridized carbons (Fsp3) is 0.238. The topological polar surface area (TPSA) is 49.2 Å². The summed E-state index contributed by atoms with van der Waals surface area (Å²) < 4.78 is 0. The van der Waals surface area contributed by atoms with E-state index in [0.717, 1.165) is 28.2 Å². The highest BCUT2D eigenvalue weighted by Gasteiger charge is 2.13. The molecule has 0 unspecified atom stereocenters. The molecule has 3 aromatic rings. The van der Waals surface area contributed by atoms with Crippen molar-refractivity contribution in [3.05, 3.63) is 89.0 Å². The Morgan fingerprint density at radius 2 is 1.60 bits per heavy atom. The molecule has 2 aromatic heterocycles. The normalized spacial score (nSPS) is 11.0. The third-order valence-electron chi connectivity index (χ3n) is 4.16. The Bertz CT molecular complexity index is 834. The van der Waals surface area contributed by atoms with Crippen molar-refractivity contribution in [2.45, 2.75) is 33.5 Å². The van der Waals surface area contributed by atoms with Gasteiger partial charge < -0.3 is 5.11 Å². The number of pyridine rings is 2. The molecule has 1 N–H and O–H groups in total. The van der Waals surface area contributed by atoms with Gasteiger partial charge in [-0.2, -0.15) is 0 Å². The van der Waals surface area contributed by atoms with E-state index in [0.29, 0.717) is 25.4 Å². The quantitative estimate of drug-likeness (QED) is 0.741. The molecule has 0 spiro atoms. The molecule has 0 fully saturated rings. The smallest absolute Gasteiger partial charge is 0.122 e. The molecule has 0 aliphatic heterocycles. The van der Waals surface area contributed by atoms with Crippen LogP contribution in [0.2, 0.25) is 0 Å². The van der Waals surface area contributed by atoms with Crippen molar-refractivity contribution in [1.82, 2.24) is 14.9 Å². The monoisotopic (exact) mass is 333 g/mol. The number of aromatic hydroxyl groups is 1. The summed E-state index contributed by atoms with van der Waals surface area (Å²) in [5.41, 5.74) is 4.84. The molecule has 1 aromatic carbocycles. The predicted molar refractivity (Wildman–Crippen MR) is 99.0 cm³/mol. The third kappa shape index (κ3) is 4.64. The molecule has 0 saturated carbocycles. The number of phenols is 1. The van der Waals surface area contributed by atoms with Gasteiger partial charge in [-0.15, -0.1) is 0 Å². The zero-order valence-electron chi connectivity index (χ0n) is 14.7. The van der Waals surface area contributed by atoms with Crippen LogP contribution in [0.5, 0.6) is 5.75 Å². The van der Waals surface area contributed by atoms with Gasteiger partial charge in [0.05, 0.1) is 11.4 Å².